The largest absolute Gasteiger partial charge is 0.382 e. The smallest absolute Gasteiger partial charge is 0.172 e. The van der Waals surface area contributed by atoms with E-state index in [4.69, 9.17) is 10.7 Å². The van der Waals surface area contributed by atoms with Gasteiger partial charge >= 0.3 is 0 Å². The van der Waals surface area contributed by atoms with Crippen molar-refractivity contribution in [3.63, 3.8) is 0 Å². The van der Waals surface area contributed by atoms with Crippen LogP contribution in [0.1, 0.15) is 35.6 Å². The third-order valence-corrected chi connectivity index (χ3v) is 4.70. The summed E-state index contributed by atoms with van der Waals surface area (Å²) in [5.74, 6) is 1.02. The number of aromatic nitrogens is 7. The number of nitrogens with one attached hydrogen (secondary N) is 1. The second-order valence-electron chi connectivity index (χ2n) is 6.87. The number of nitrogens with zero attached hydrogens (tertiary/aromatic N) is 8. The highest BCUT2D eigenvalue weighted by Gasteiger charge is 2.20. The predicted octanol–water partition coefficient (Wildman–Crippen LogP) is 2.16. The van der Waals surface area contributed by atoms with Crippen molar-refractivity contribution in [2.24, 2.45) is 7.05 Å². The Morgan fingerprint density at radius 1 is 1.24 bits per heavy atom. The Hall–Kier alpha value is -4.00. The van der Waals surface area contributed by atoms with Gasteiger partial charge in [0, 0.05) is 13.2 Å². The van der Waals surface area contributed by atoms with Gasteiger partial charge in [-0.3, -0.25) is 4.68 Å². The van der Waals surface area contributed by atoms with Crippen LogP contribution in [-0.4, -0.2) is 34.3 Å². The molecule has 0 bridgehead atoms. The molecule has 146 valence electrons. The van der Waals surface area contributed by atoms with E-state index in [1.54, 1.807) is 0 Å². The highest BCUT2D eigenvalue weighted by atomic mass is 15.3. The van der Waals surface area contributed by atoms with E-state index in [-0.39, 0.29) is 17.4 Å². The SMILES string of the molecule is Cc1cc(-c2nc([C@H](C)Nc3ncnc(N)c3C#N)nn3ccc(C)c23)n(C)n1. The van der Waals surface area contributed by atoms with Gasteiger partial charge in [-0.15, -0.1) is 0 Å². The van der Waals surface area contributed by atoms with Gasteiger partial charge in [-0.25, -0.2) is 19.5 Å². The van der Waals surface area contributed by atoms with E-state index in [0.29, 0.717) is 11.6 Å². The van der Waals surface area contributed by atoms with Crippen molar-refractivity contribution in [1.29, 1.82) is 5.26 Å². The van der Waals surface area contributed by atoms with Crippen LogP contribution in [0.3, 0.4) is 0 Å². The van der Waals surface area contributed by atoms with Crippen LogP contribution >= 0.6 is 0 Å². The second-order valence-corrected chi connectivity index (χ2v) is 6.87. The van der Waals surface area contributed by atoms with Crippen LogP contribution in [0.2, 0.25) is 0 Å². The molecule has 0 fully saturated rings. The van der Waals surface area contributed by atoms with E-state index in [2.05, 4.69) is 25.5 Å². The summed E-state index contributed by atoms with van der Waals surface area (Å²) in [5.41, 5.74) is 10.6. The zero-order chi connectivity index (χ0) is 20.7. The fraction of sp³-hybridized carbons (Fsp3) is 0.263. The third kappa shape index (κ3) is 3.12. The van der Waals surface area contributed by atoms with Crippen LogP contribution in [0.5, 0.6) is 0 Å². The Morgan fingerprint density at radius 2 is 2.03 bits per heavy atom. The molecule has 0 amide bonds. The fourth-order valence-electron chi connectivity index (χ4n) is 3.28. The number of nitrogen functional groups attached to an aromatic ring is 1. The Bertz CT molecular complexity index is 1260. The van der Waals surface area contributed by atoms with Crippen molar-refractivity contribution in [2.75, 3.05) is 11.1 Å². The summed E-state index contributed by atoms with van der Waals surface area (Å²) in [7, 11) is 1.89. The van der Waals surface area contributed by atoms with Gasteiger partial charge in [0.25, 0.3) is 0 Å². The maximum absolute atomic E-state index is 9.36. The van der Waals surface area contributed by atoms with Crippen molar-refractivity contribution in [2.45, 2.75) is 26.8 Å². The second kappa shape index (κ2) is 6.87. The molecule has 10 nitrogen and oxygen atoms in total. The van der Waals surface area contributed by atoms with E-state index < -0.39 is 0 Å². The lowest BCUT2D eigenvalue weighted by Crippen LogP contribution is -2.16. The van der Waals surface area contributed by atoms with Crippen molar-refractivity contribution in [3.8, 4) is 17.5 Å². The lowest BCUT2D eigenvalue weighted by atomic mass is 10.2. The molecule has 0 spiro atoms. The standard InChI is InChI=1S/C19H20N10/c1-10-5-6-29-16(10)15(14-7-11(2)26-28(14)4)25-18(27-29)12(3)24-19-13(8-20)17(21)22-9-23-19/h5-7,9,12H,1-4H3,(H3,21,22,23,24)/t12-/m0/s1. The minimum atomic E-state index is -0.336. The summed E-state index contributed by atoms with van der Waals surface area (Å²) < 4.78 is 3.62. The summed E-state index contributed by atoms with van der Waals surface area (Å²) >= 11 is 0. The molecule has 4 aromatic heterocycles. The van der Waals surface area contributed by atoms with E-state index in [1.165, 1.54) is 6.33 Å². The number of nitrogens with two attached hydrogens (primary N) is 1. The topological polar surface area (TPSA) is 136 Å². The summed E-state index contributed by atoms with van der Waals surface area (Å²) in [6.45, 7) is 5.87. The van der Waals surface area contributed by atoms with E-state index in [9.17, 15) is 5.26 Å². The van der Waals surface area contributed by atoms with Gasteiger partial charge in [0.05, 0.1) is 22.9 Å². The maximum Gasteiger partial charge on any atom is 0.172 e. The van der Waals surface area contributed by atoms with Crippen molar-refractivity contribution in [3.05, 3.63) is 47.3 Å². The number of rotatable bonds is 4. The van der Waals surface area contributed by atoms with Crippen molar-refractivity contribution in [1.82, 2.24) is 34.3 Å². The van der Waals surface area contributed by atoms with Gasteiger partial charge in [0.2, 0.25) is 0 Å². The first-order valence-corrected chi connectivity index (χ1v) is 9.03. The van der Waals surface area contributed by atoms with E-state index in [0.717, 1.165) is 28.2 Å². The number of aryl methyl sites for hydroxylation is 3. The Kier molecular flexibility index (Phi) is 4.35. The van der Waals surface area contributed by atoms with Crippen LogP contribution in [0.4, 0.5) is 11.6 Å². The van der Waals surface area contributed by atoms with Crippen LogP contribution in [0, 0.1) is 25.2 Å². The number of fused-ring (bicyclic) bond motifs is 1. The molecule has 0 saturated carbocycles. The molecule has 1 atom stereocenters. The van der Waals surface area contributed by atoms with Gasteiger partial charge in [-0.05, 0) is 38.5 Å². The van der Waals surface area contributed by atoms with Gasteiger partial charge < -0.3 is 11.1 Å². The van der Waals surface area contributed by atoms with Crippen LogP contribution in [-0.2, 0) is 7.05 Å². The number of nitriles is 1. The fourth-order valence-corrected chi connectivity index (χ4v) is 3.28. The minimum absolute atomic E-state index is 0.126. The minimum Gasteiger partial charge on any atom is -0.382 e. The molecule has 10 heteroatoms. The average Bonchev–Trinajstić information content (AvgIpc) is 3.23. The van der Waals surface area contributed by atoms with Crippen LogP contribution < -0.4 is 11.1 Å². The molecule has 29 heavy (non-hydrogen) atoms. The molecule has 4 rings (SSSR count). The predicted molar refractivity (Wildman–Crippen MR) is 108 cm³/mol. The molecular formula is C19H20N10. The van der Waals surface area contributed by atoms with Gasteiger partial charge in [0.1, 0.15) is 35.3 Å². The van der Waals surface area contributed by atoms with Crippen molar-refractivity contribution >= 4 is 17.2 Å². The molecule has 0 aliphatic carbocycles. The zero-order valence-electron chi connectivity index (χ0n) is 16.5. The average molecular weight is 388 g/mol. The quantitative estimate of drug-likeness (QED) is 0.543. The third-order valence-electron chi connectivity index (χ3n) is 4.70. The lowest BCUT2D eigenvalue weighted by molar-refractivity contribution is 0.720. The highest BCUT2D eigenvalue weighted by Crippen LogP contribution is 2.28. The Balaban J connectivity index is 1.82. The van der Waals surface area contributed by atoms with Gasteiger partial charge in [0.15, 0.2) is 5.82 Å². The first-order valence-electron chi connectivity index (χ1n) is 9.03. The summed E-state index contributed by atoms with van der Waals surface area (Å²) in [6.07, 6.45) is 3.22. The maximum atomic E-state index is 9.36. The van der Waals surface area contributed by atoms with Gasteiger partial charge in [-0.2, -0.15) is 15.5 Å². The highest BCUT2D eigenvalue weighted by molar-refractivity contribution is 5.78. The first kappa shape index (κ1) is 18.4. The van der Waals surface area contributed by atoms with E-state index >= 15 is 0 Å². The van der Waals surface area contributed by atoms with Crippen LogP contribution in [0.25, 0.3) is 16.9 Å². The Labute approximate surface area is 167 Å². The molecule has 0 unspecified atom stereocenters. The number of anilines is 2. The molecular weight excluding hydrogens is 368 g/mol. The zero-order valence-corrected chi connectivity index (χ0v) is 16.5. The molecule has 4 aromatic rings. The molecule has 0 radical (unpaired) electrons. The Morgan fingerprint density at radius 3 is 2.72 bits per heavy atom. The molecule has 0 saturated heterocycles. The molecule has 0 aromatic carbocycles. The number of hydrogen-bond acceptors (Lipinski definition) is 8. The molecule has 4 heterocycles. The van der Waals surface area contributed by atoms with E-state index in [1.807, 2.05) is 61.4 Å². The molecule has 3 N–H and O–H groups in total. The monoisotopic (exact) mass is 388 g/mol. The summed E-state index contributed by atoms with van der Waals surface area (Å²) in [4.78, 5) is 12.8. The first-order chi connectivity index (χ1) is 13.9. The molecule has 0 aliphatic rings. The van der Waals surface area contributed by atoms with Gasteiger partial charge in [-0.1, -0.05) is 0 Å². The molecule has 0 aliphatic heterocycles. The summed E-state index contributed by atoms with van der Waals surface area (Å²) in [6, 6.07) is 5.69. The van der Waals surface area contributed by atoms with Crippen molar-refractivity contribution < 1.29 is 0 Å². The normalized spacial score (nSPS) is 12.1. The van der Waals surface area contributed by atoms with Crippen LogP contribution in [0.15, 0.2) is 24.7 Å². The summed E-state index contributed by atoms with van der Waals surface area (Å²) in [5, 5.41) is 21.6. The lowest BCUT2D eigenvalue weighted by Gasteiger charge is -2.16. The number of hydrogen-bond donors (Lipinski definition) is 2.